The van der Waals surface area contributed by atoms with Gasteiger partial charge in [0.15, 0.2) is 12.6 Å². The molecule has 2 saturated heterocycles. The normalized spacial score (nSPS) is 29.3. The zero-order valence-electron chi connectivity index (χ0n) is 33.6. The number of ether oxygens (including phenoxy) is 6. The number of carbonyl (C=O) groups excluding carboxylic acids is 1. The predicted octanol–water partition coefficient (Wildman–Crippen LogP) is 3.67. The first-order chi connectivity index (χ1) is 27.1. The third kappa shape index (κ3) is 20.1. The molecule has 324 valence electrons. The number of esters is 1. The van der Waals surface area contributed by atoms with Crippen LogP contribution < -0.4 is 0 Å². The molecule has 14 nitrogen and oxygen atoms in total. The molecule has 11 unspecified atom stereocenters. The molecule has 7 N–H and O–H groups in total. The van der Waals surface area contributed by atoms with E-state index in [9.17, 15) is 40.5 Å². The second kappa shape index (κ2) is 30.9. The van der Waals surface area contributed by atoms with Gasteiger partial charge in [0.25, 0.3) is 0 Å². The van der Waals surface area contributed by atoms with E-state index in [2.05, 4.69) is 62.5 Å². The fourth-order valence-electron chi connectivity index (χ4n) is 6.15. The van der Waals surface area contributed by atoms with Crippen LogP contribution in [0.2, 0.25) is 0 Å². The molecule has 0 radical (unpaired) electrons. The smallest absolute Gasteiger partial charge is 0.306 e. The maximum Gasteiger partial charge on any atom is 0.306 e. The summed E-state index contributed by atoms with van der Waals surface area (Å²) in [5.74, 6) is -0.422. The van der Waals surface area contributed by atoms with Gasteiger partial charge in [-0.2, -0.15) is 0 Å². The van der Waals surface area contributed by atoms with Gasteiger partial charge in [0.2, 0.25) is 0 Å². The van der Waals surface area contributed by atoms with Crippen molar-refractivity contribution < 1.29 is 69.0 Å². The molecule has 0 aromatic heterocycles. The molecule has 56 heavy (non-hydrogen) atoms. The number of hydrogen-bond acceptors (Lipinski definition) is 14. The minimum atomic E-state index is -1.71. The summed E-state index contributed by atoms with van der Waals surface area (Å²) in [4.78, 5) is 12.8. The standard InChI is InChI=1S/C42H72O14/c1-3-5-7-9-11-12-13-14-15-16-17-18-19-21-23-25-34(44)54-31(28-51-26-24-22-20-10-8-6-4-2)29-52-41-40(50)38(48)36(46)33(56-41)30-53-42-39(49)37(47)35(45)32(27-43)55-42/h5,7,11-12,14-15,17-18,31-33,35-43,45-50H,3-4,6,8-10,13,16,19-30H2,1-2H3/b7-5-,12-11-,15-14-,18-17-. The first-order valence-electron chi connectivity index (χ1n) is 20.7. The van der Waals surface area contributed by atoms with Crippen molar-refractivity contribution in [2.75, 3.05) is 33.0 Å². The molecule has 11 atom stereocenters. The topological polar surface area (TPSA) is 214 Å². The van der Waals surface area contributed by atoms with Crippen molar-refractivity contribution in [3.8, 4) is 0 Å². The highest BCUT2D eigenvalue weighted by Crippen LogP contribution is 2.26. The summed E-state index contributed by atoms with van der Waals surface area (Å²) in [6, 6.07) is 0. The molecule has 0 spiro atoms. The van der Waals surface area contributed by atoms with E-state index >= 15 is 0 Å². The highest BCUT2D eigenvalue weighted by atomic mass is 16.7. The van der Waals surface area contributed by atoms with Gasteiger partial charge >= 0.3 is 5.97 Å². The SMILES string of the molecule is CC/C=C\C/C=C\C/C=C\C/C=C\CCCCC(=O)OC(COCCCCCCCCC)COC1OC(COC2OC(CO)C(O)C(O)C2O)C(O)C(O)C1O. The van der Waals surface area contributed by atoms with Crippen molar-refractivity contribution in [1.82, 2.24) is 0 Å². The molecule has 2 fully saturated rings. The highest BCUT2D eigenvalue weighted by molar-refractivity contribution is 5.69. The highest BCUT2D eigenvalue weighted by Gasteiger charge is 2.47. The molecule has 2 aliphatic heterocycles. The van der Waals surface area contributed by atoms with E-state index in [1.54, 1.807) is 0 Å². The van der Waals surface area contributed by atoms with Gasteiger partial charge in [0.1, 0.15) is 54.9 Å². The van der Waals surface area contributed by atoms with Crippen LogP contribution in [0, 0.1) is 0 Å². The third-order valence-corrected chi connectivity index (χ3v) is 9.60. The molecule has 2 aliphatic rings. The summed E-state index contributed by atoms with van der Waals surface area (Å²) in [6.07, 6.45) is 15.0. The Hall–Kier alpha value is -2.05. The number of allylic oxidation sites excluding steroid dienone is 8. The van der Waals surface area contributed by atoms with Gasteiger partial charge in [-0.05, 0) is 51.4 Å². The molecule has 14 heteroatoms. The lowest BCUT2D eigenvalue weighted by Crippen LogP contribution is -2.61. The van der Waals surface area contributed by atoms with Crippen LogP contribution in [0.4, 0.5) is 0 Å². The number of carbonyl (C=O) groups is 1. The molecule has 2 heterocycles. The molecule has 0 saturated carbocycles. The van der Waals surface area contributed by atoms with E-state index in [0.29, 0.717) is 13.0 Å². The van der Waals surface area contributed by atoms with Gasteiger partial charge in [-0.15, -0.1) is 0 Å². The van der Waals surface area contributed by atoms with Crippen molar-refractivity contribution in [1.29, 1.82) is 0 Å². The number of unbranched alkanes of at least 4 members (excludes halogenated alkanes) is 8. The molecule has 2 rings (SSSR count). The zero-order chi connectivity index (χ0) is 41.0. The lowest BCUT2D eigenvalue weighted by atomic mass is 9.98. The van der Waals surface area contributed by atoms with Crippen molar-refractivity contribution in [2.24, 2.45) is 0 Å². The summed E-state index contributed by atoms with van der Waals surface area (Å²) >= 11 is 0. The van der Waals surface area contributed by atoms with Crippen molar-refractivity contribution in [3.05, 3.63) is 48.6 Å². The van der Waals surface area contributed by atoms with Crippen LogP contribution in [0.3, 0.4) is 0 Å². The summed E-state index contributed by atoms with van der Waals surface area (Å²) in [5, 5.41) is 71.6. The lowest BCUT2D eigenvalue weighted by molar-refractivity contribution is -0.332. The lowest BCUT2D eigenvalue weighted by Gasteiger charge is -2.42. The average Bonchev–Trinajstić information content (AvgIpc) is 3.19. The molecule has 0 aromatic rings. The molecular formula is C42H72O14. The van der Waals surface area contributed by atoms with E-state index in [-0.39, 0.29) is 19.6 Å². The van der Waals surface area contributed by atoms with Crippen LogP contribution in [-0.2, 0) is 33.2 Å². The Balaban J connectivity index is 1.85. The fraction of sp³-hybridized carbons (Fsp3) is 0.786. The van der Waals surface area contributed by atoms with Crippen LogP contribution in [0.25, 0.3) is 0 Å². The van der Waals surface area contributed by atoms with Gasteiger partial charge in [-0.25, -0.2) is 0 Å². The Morgan fingerprint density at radius 1 is 0.607 bits per heavy atom. The van der Waals surface area contributed by atoms with E-state index in [0.717, 1.165) is 57.8 Å². The van der Waals surface area contributed by atoms with Crippen LogP contribution in [0.5, 0.6) is 0 Å². The molecule has 0 aromatic carbocycles. The maximum absolute atomic E-state index is 12.8. The molecule has 0 aliphatic carbocycles. The van der Waals surface area contributed by atoms with Crippen molar-refractivity contribution >= 4 is 5.97 Å². The van der Waals surface area contributed by atoms with Gasteiger partial charge in [-0.1, -0.05) is 101 Å². The van der Waals surface area contributed by atoms with Gasteiger partial charge in [0.05, 0.1) is 26.4 Å². The van der Waals surface area contributed by atoms with E-state index in [1.807, 2.05) is 0 Å². The Morgan fingerprint density at radius 2 is 1.16 bits per heavy atom. The first kappa shape index (κ1) is 50.1. The minimum absolute atomic E-state index is 0.0428. The van der Waals surface area contributed by atoms with Crippen LogP contribution in [0.15, 0.2) is 48.6 Å². The number of aliphatic hydroxyl groups is 7. The maximum atomic E-state index is 12.8. The van der Waals surface area contributed by atoms with Crippen LogP contribution in [-0.4, -0.2) is 142 Å². The van der Waals surface area contributed by atoms with Gasteiger partial charge in [0, 0.05) is 13.0 Å². The molecular weight excluding hydrogens is 728 g/mol. The van der Waals surface area contributed by atoms with E-state index in [1.165, 1.54) is 25.7 Å². The Labute approximate surface area is 333 Å². The Bertz CT molecular complexity index is 1110. The number of aliphatic hydroxyl groups excluding tert-OH is 7. The summed E-state index contributed by atoms with van der Waals surface area (Å²) < 4.78 is 33.9. The number of hydrogen-bond donors (Lipinski definition) is 7. The second-order valence-electron chi connectivity index (χ2n) is 14.4. The Kier molecular flexibility index (Phi) is 27.7. The van der Waals surface area contributed by atoms with Crippen molar-refractivity contribution in [3.63, 3.8) is 0 Å². The Morgan fingerprint density at radius 3 is 1.79 bits per heavy atom. The second-order valence-corrected chi connectivity index (χ2v) is 14.4. The van der Waals surface area contributed by atoms with E-state index < -0.39 is 86.7 Å². The van der Waals surface area contributed by atoms with Gasteiger partial charge in [-0.3, -0.25) is 4.79 Å². The molecule has 0 bridgehead atoms. The van der Waals surface area contributed by atoms with Crippen molar-refractivity contribution in [2.45, 2.75) is 178 Å². The van der Waals surface area contributed by atoms with Crippen LogP contribution >= 0.6 is 0 Å². The third-order valence-electron chi connectivity index (χ3n) is 9.60. The monoisotopic (exact) mass is 800 g/mol. The number of rotatable bonds is 30. The quantitative estimate of drug-likeness (QED) is 0.0314. The van der Waals surface area contributed by atoms with Crippen LogP contribution in [0.1, 0.15) is 110 Å². The van der Waals surface area contributed by atoms with Gasteiger partial charge < -0.3 is 64.2 Å². The fourth-order valence-corrected chi connectivity index (χ4v) is 6.15. The first-order valence-corrected chi connectivity index (χ1v) is 20.7. The summed E-state index contributed by atoms with van der Waals surface area (Å²) in [6.45, 7) is 3.43. The largest absolute Gasteiger partial charge is 0.457 e. The molecule has 0 amide bonds. The predicted molar refractivity (Wildman–Crippen MR) is 210 cm³/mol. The average molecular weight is 801 g/mol. The zero-order valence-corrected chi connectivity index (χ0v) is 33.6. The minimum Gasteiger partial charge on any atom is -0.457 e. The van der Waals surface area contributed by atoms with E-state index in [4.69, 9.17) is 28.4 Å². The summed E-state index contributed by atoms with van der Waals surface area (Å²) in [7, 11) is 0. The summed E-state index contributed by atoms with van der Waals surface area (Å²) in [5.41, 5.74) is 0.